The van der Waals surface area contributed by atoms with Gasteiger partial charge in [0.15, 0.2) is 17.3 Å². The van der Waals surface area contributed by atoms with Crippen LogP contribution in [0.4, 0.5) is 8.78 Å². The maximum absolute atomic E-state index is 12.5. The van der Waals surface area contributed by atoms with E-state index >= 15 is 0 Å². The predicted molar refractivity (Wildman–Crippen MR) is 99.1 cm³/mol. The van der Waals surface area contributed by atoms with Gasteiger partial charge < -0.3 is 23.9 Å². The molecule has 0 atom stereocenters. The fourth-order valence-electron chi connectivity index (χ4n) is 2.78. The summed E-state index contributed by atoms with van der Waals surface area (Å²) in [5, 5.41) is 2.24. The summed E-state index contributed by atoms with van der Waals surface area (Å²) in [6, 6.07) is 6.71. The number of hydrogen-bond donors (Lipinski definition) is 1. The van der Waals surface area contributed by atoms with Crippen LogP contribution in [0.2, 0.25) is 0 Å². The first-order valence-corrected chi connectivity index (χ1v) is 10.3. The van der Waals surface area contributed by atoms with Crippen LogP contribution in [0.5, 0.6) is 11.5 Å². The number of alkyl halides is 2. The lowest BCUT2D eigenvalue weighted by Gasteiger charge is -2.24. The number of hydrogen-bond acceptors (Lipinski definition) is 7. The third-order valence-corrected chi connectivity index (χ3v) is 6.04. The van der Waals surface area contributed by atoms with E-state index in [1.54, 1.807) is 0 Å². The second kappa shape index (κ2) is 9.41. The largest absolute Gasteiger partial charge is 0.493 e. The van der Waals surface area contributed by atoms with E-state index in [4.69, 9.17) is 13.9 Å². The van der Waals surface area contributed by atoms with Crippen molar-refractivity contribution in [2.24, 2.45) is 0 Å². The smallest absolute Gasteiger partial charge is 0.387 e. The first-order chi connectivity index (χ1) is 14.3. The number of nitrogens with one attached hydrogen (secondary N) is 1. The number of rotatable bonds is 8. The summed E-state index contributed by atoms with van der Waals surface area (Å²) in [6.07, 6.45) is 0. The van der Waals surface area contributed by atoms with Gasteiger partial charge in [-0.1, -0.05) is 6.07 Å². The number of benzene rings is 1. The molecule has 3 rings (SSSR count). The van der Waals surface area contributed by atoms with Crippen LogP contribution in [0.25, 0.3) is 0 Å². The van der Waals surface area contributed by atoms with Crippen LogP contribution in [0.3, 0.4) is 0 Å². The second-order valence-corrected chi connectivity index (χ2v) is 8.05. The fraction of sp³-hybridized carbons (Fsp3) is 0.389. The molecule has 1 fully saturated rings. The molecule has 0 unspecified atom stereocenters. The Balaban J connectivity index is 1.64. The van der Waals surface area contributed by atoms with Crippen LogP contribution < -0.4 is 14.8 Å². The Morgan fingerprint density at radius 3 is 2.60 bits per heavy atom. The first-order valence-electron chi connectivity index (χ1n) is 8.89. The van der Waals surface area contributed by atoms with Crippen LogP contribution in [-0.2, 0) is 21.3 Å². The normalized spacial score (nSPS) is 15.2. The van der Waals surface area contributed by atoms with Crippen LogP contribution >= 0.6 is 0 Å². The highest BCUT2D eigenvalue weighted by Gasteiger charge is 2.30. The molecule has 1 N–H and O–H groups in total. The summed E-state index contributed by atoms with van der Waals surface area (Å²) in [5.41, 5.74) is 0.550. The van der Waals surface area contributed by atoms with E-state index in [0.717, 1.165) is 0 Å². The van der Waals surface area contributed by atoms with Crippen molar-refractivity contribution < 1.29 is 40.6 Å². The highest BCUT2D eigenvalue weighted by atomic mass is 32.2. The molecule has 1 aromatic heterocycles. The predicted octanol–water partition coefficient (Wildman–Crippen LogP) is 1.84. The van der Waals surface area contributed by atoms with Gasteiger partial charge in [-0.25, -0.2) is 8.42 Å². The minimum Gasteiger partial charge on any atom is -0.493 e. The topological polar surface area (TPSA) is 107 Å². The van der Waals surface area contributed by atoms with Gasteiger partial charge in [0.2, 0.25) is 5.09 Å². The molecule has 164 valence electrons. The number of morpholine rings is 1. The van der Waals surface area contributed by atoms with Crippen molar-refractivity contribution in [1.82, 2.24) is 9.62 Å². The maximum atomic E-state index is 12.5. The van der Waals surface area contributed by atoms with Crippen molar-refractivity contribution in [3.05, 3.63) is 41.7 Å². The molecule has 12 heteroatoms. The highest BCUT2D eigenvalue weighted by Crippen LogP contribution is 2.29. The number of carbonyl (C=O) groups is 1. The van der Waals surface area contributed by atoms with Crippen molar-refractivity contribution in [2.75, 3.05) is 33.4 Å². The number of furan rings is 1. The monoisotopic (exact) mass is 446 g/mol. The molecule has 0 spiro atoms. The molecule has 1 aliphatic rings. The SMILES string of the molecule is COc1cc(CNC(=O)c2ccc(S(=O)(=O)N3CCOCC3)o2)ccc1OC(F)F. The summed E-state index contributed by atoms with van der Waals surface area (Å²) in [6.45, 7) is -1.98. The standard InChI is InChI=1S/C18H20F2N2O7S/c1-26-15-10-12(2-3-13(15)29-18(19)20)11-21-17(23)14-4-5-16(28-14)30(24,25)22-6-8-27-9-7-22/h2-5,10,18H,6-9,11H2,1H3,(H,21,23). The molecule has 0 saturated carbocycles. The molecule has 9 nitrogen and oxygen atoms in total. The van der Waals surface area contributed by atoms with Gasteiger partial charge >= 0.3 is 6.61 Å². The molecule has 1 amide bonds. The molecular formula is C18H20F2N2O7S. The Morgan fingerprint density at radius 2 is 1.93 bits per heavy atom. The summed E-state index contributed by atoms with van der Waals surface area (Å²) in [5.74, 6) is -0.859. The molecule has 2 aromatic rings. The Kier molecular flexibility index (Phi) is 6.90. The highest BCUT2D eigenvalue weighted by molar-refractivity contribution is 7.89. The minimum atomic E-state index is -3.85. The van der Waals surface area contributed by atoms with E-state index < -0.39 is 22.5 Å². The first kappa shape index (κ1) is 22.0. The zero-order valence-electron chi connectivity index (χ0n) is 16.0. The molecule has 0 radical (unpaired) electrons. The zero-order chi connectivity index (χ0) is 21.7. The van der Waals surface area contributed by atoms with Crippen molar-refractivity contribution in [3.8, 4) is 11.5 Å². The third kappa shape index (κ3) is 5.07. The van der Waals surface area contributed by atoms with Crippen LogP contribution in [0, 0.1) is 0 Å². The fourth-order valence-corrected chi connectivity index (χ4v) is 4.10. The van der Waals surface area contributed by atoms with E-state index in [0.29, 0.717) is 5.56 Å². The second-order valence-electron chi connectivity index (χ2n) is 6.18. The number of methoxy groups -OCH3 is 1. The van der Waals surface area contributed by atoms with Gasteiger partial charge in [0.05, 0.1) is 20.3 Å². The number of sulfonamides is 1. The zero-order valence-corrected chi connectivity index (χ0v) is 16.8. The van der Waals surface area contributed by atoms with Crippen molar-refractivity contribution in [2.45, 2.75) is 18.2 Å². The number of amides is 1. The van der Waals surface area contributed by atoms with Crippen LogP contribution in [-0.4, -0.2) is 58.7 Å². The molecule has 1 aliphatic heterocycles. The molecule has 0 aliphatic carbocycles. The van der Waals surface area contributed by atoms with E-state index in [1.807, 2.05) is 0 Å². The van der Waals surface area contributed by atoms with Crippen molar-refractivity contribution in [3.63, 3.8) is 0 Å². The molecule has 30 heavy (non-hydrogen) atoms. The van der Waals surface area contributed by atoms with E-state index in [1.165, 1.54) is 41.7 Å². The quantitative estimate of drug-likeness (QED) is 0.659. The Hall–Kier alpha value is -2.70. The van der Waals surface area contributed by atoms with E-state index in [-0.39, 0.29) is 55.2 Å². The number of carbonyl (C=O) groups excluding carboxylic acids is 1. The molecule has 1 aromatic carbocycles. The van der Waals surface area contributed by atoms with Gasteiger partial charge in [-0.3, -0.25) is 4.79 Å². The molecule has 1 saturated heterocycles. The third-order valence-electron chi connectivity index (χ3n) is 4.27. The summed E-state index contributed by atoms with van der Waals surface area (Å²) >= 11 is 0. The Morgan fingerprint density at radius 1 is 1.20 bits per heavy atom. The average Bonchev–Trinajstić information content (AvgIpc) is 3.24. The maximum Gasteiger partial charge on any atom is 0.387 e. The van der Waals surface area contributed by atoms with Gasteiger partial charge in [-0.2, -0.15) is 13.1 Å². The van der Waals surface area contributed by atoms with Gasteiger partial charge in [-0.05, 0) is 29.8 Å². The number of halogens is 2. The number of ether oxygens (including phenoxy) is 3. The van der Waals surface area contributed by atoms with Gasteiger partial charge in [0.1, 0.15) is 0 Å². The van der Waals surface area contributed by atoms with Crippen LogP contribution in [0.15, 0.2) is 39.8 Å². The van der Waals surface area contributed by atoms with Crippen LogP contribution in [0.1, 0.15) is 16.1 Å². The molecule has 2 heterocycles. The molecule has 0 bridgehead atoms. The van der Waals surface area contributed by atoms with E-state index in [9.17, 15) is 22.0 Å². The Bertz CT molecular complexity index is 988. The van der Waals surface area contributed by atoms with Crippen molar-refractivity contribution in [1.29, 1.82) is 0 Å². The minimum absolute atomic E-state index is 0.0242. The van der Waals surface area contributed by atoms with Gasteiger partial charge in [0, 0.05) is 19.6 Å². The number of nitrogens with zero attached hydrogens (tertiary/aromatic N) is 1. The van der Waals surface area contributed by atoms with E-state index in [2.05, 4.69) is 10.1 Å². The lowest BCUT2D eigenvalue weighted by molar-refractivity contribution is -0.0512. The van der Waals surface area contributed by atoms with Gasteiger partial charge in [0.25, 0.3) is 15.9 Å². The van der Waals surface area contributed by atoms with Gasteiger partial charge in [-0.15, -0.1) is 0 Å². The average molecular weight is 446 g/mol. The Labute approximate surface area is 171 Å². The summed E-state index contributed by atoms with van der Waals surface area (Å²) < 4.78 is 70.8. The molecular weight excluding hydrogens is 426 g/mol. The van der Waals surface area contributed by atoms with Crippen molar-refractivity contribution >= 4 is 15.9 Å². The lowest BCUT2D eigenvalue weighted by Crippen LogP contribution is -2.40. The summed E-state index contributed by atoms with van der Waals surface area (Å²) in [7, 11) is -2.55. The lowest BCUT2D eigenvalue weighted by atomic mass is 10.2. The summed E-state index contributed by atoms with van der Waals surface area (Å²) in [4.78, 5) is 12.3.